The molecule has 0 radical (unpaired) electrons. The van der Waals surface area contributed by atoms with Crippen LogP contribution in [0.1, 0.15) is 29.1 Å². The Kier molecular flexibility index (Phi) is 3.49. The van der Waals surface area contributed by atoms with Gasteiger partial charge in [0.05, 0.1) is 6.10 Å². The molecule has 18 heavy (non-hydrogen) atoms. The van der Waals surface area contributed by atoms with E-state index in [1.54, 1.807) is 11.3 Å². The van der Waals surface area contributed by atoms with E-state index in [9.17, 15) is 5.11 Å². The third-order valence-corrected chi connectivity index (χ3v) is 5.22. The normalized spacial score (nSPS) is 22.4. The van der Waals surface area contributed by atoms with Crippen LogP contribution in [0.5, 0.6) is 5.75 Å². The predicted molar refractivity (Wildman–Crippen MR) is 79.1 cm³/mol. The Hall–Kier alpha value is -0.360. The number of aliphatic hydroxyl groups is 1. The van der Waals surface area contributed by atoms with Crippen LogP contribution in [0.25, 0.3) is 0 Å². The van der Waals surface area contributed by atoms with E-state index in [4.69, 9.17) is 4.74 Å². The molecule has 2 heterocycles. The van der Waals surface area contributed by atoms with Gasteiger partial charge in [-0.2, -0.15) is 0 Å². The Morgan fingerprint density at radius 2 is 2.06 bits per heavy atom. The zero-order valence-corrected chi connectivity index (χ0v) is 13.3. The Labute approximate surface area is 126 Å². The van der Waals surface area contributed by atoms with Crippen molar-refractivity contribution in [2.75, 3.05) is 0 Å². The molecule has 0 aliphatic carbocycles. The van der Waals surface area contributed by atoms with Crippen LogP contribution in [0.4, 0.5) is 0 Å². The first-order chi connectivity index (χ1) is 8.63. The van der Waals surface area contributed by atoms with Crippen molar-refractivity contribution >= 4 is 43.2 Å². The fraction of sp³-hybridized carbons (Fsp3) is 0.231. The minimum absolute atomic E-state index is 0.0648. The van der Waals surface area contributed by atoms with Crippen LogP contribution >= 0.6 is 43.2 Å². The summed E-state index contributed by atoms with van der Waals surface area (Å²) in [5, 5.41) is 12.2. The second-order valence-corrected chi connectivity index (χ2v) is 6.98. The zero-order valence-electron chi connectivity index (χ0n) is 9.27. The first kappa shape index (κ1) is 12.7. The first-order valence-electron chi connectivity index (χ1n) is 5.51. The fourth-order valence-electron chi connectivity index (χ4n) is 2.09. The maximum atomic E-state index is 10.2. The highest BCUT2D eigenvalue weighted by atomic mass is 79.9. The molecule has 0 saturated carbocycles. The quantitative estimate of drug-likeness (QED) is 0.756. The minimum Gasteiger partial charge on any atom is -0.484 e. The second kappa shape index (κ2) is 4.96. The Bertz CT molecular complexity index is 582. The molecule has 0 bridgehead atoms. The second-order valence-electron chi connectivity index (χ2n) is 4.21. The van der Waals surface area contributed by atoms with Gasteiger partial charge in [-0.3, -0.25) is 0 Å². The molecule has 1 N–H and O–H groups in total. The number of thiophene rings is 1. The van der Waals surface area contributed by atoms with E-state index in [0.717, 1.165) is 25.1 Å². The van der Waals surface area contributed by atoms with Crippen LogP contribution in [0.15, 0.2) is 38.6 Å². The van der Waals surface area contributed by atoms with Crippen LogP contribution in [0.3, 0.4) is 0 Å². The van der Waals surface area contributed by atoms with Crippen molar-refractivity contribution in [1.82, 2.24) is 0 Å². The number of rotatable bonds is 1. The van der Waals surface area contributed by atoms with Crippen molar-refractivity contribution < 1.29 is 9.84 Å². The van der Waals surface area contributed by atoms with Gasteiger partial charge in [-0.05, 0) is 40.2 Å². The lowest BCUT2D eigenvalue weighted by molar-refractivity contribution is 0.0673. The molecular weight excluding hydrogens is 380 g/mol. The summed E-state index contributed by atoms with van der Waals surface area (Å²) >= 11 is 8.50. The van der Waals surface area contributed by atoms with E-state index >= 15 is 0 Å². The van der Waals surface area contributed by atoms with Crippen LogP contribution in [-0.4, -0.2) is 5.11 Å². The van der Waals surface area contributed by atoms with Gasteiger partial charge in [0.15, 0.2) is 0 Å². The molecule has 0 amide bonds. The maximum absolute atomic E-state index is 10.2. The summed E-state index contributed by atoms with van der Waals surface area (Å²) in [7, 11) is 0. The van der Waals surface area contributed by atoms with E-state index in [1.165, 1.54) is 0 Å². The largest absolute Gasteiger partial charge is 0.484 e. The van der Waals surface area contributed by atoms with Gasteiger partial charge in [0.2, 0.25) is 0 Å². The van der Waals surface area contributed by atoms with Gasteiger partial charge < -0.3 is 9.84 Å². The number of hydrogen-bond donors (Lipinski definition) is 1. The minimum atomic E-state index is -0.475. The molecule has 0 saturated heterocycles. The highest BCUT2D eigenvalue weighted by Gasteiger charge is 2.28. The molecule has 2 atom stereocenters. The monoisotopic (exact) mass is 388 g/mol. The van der Waals surface area contributed by atoms with Gasteiger partial charge in [-0.1, -0.05) is 15.9 Å². The average molecular weight is 390 g/mol. The van der Waals surface area contributed by atoms with Crippen LogP contribution < -0.4 is 4.74 Å². The lowest BCUT2D eigenvalue weighted by atomic mass is 9.98. The molecule has 1 aliphatic rings. The third kappa shape index (κ3) is 2.37. The maximum Gasteiger partial charge on any atom is 0.136 e. The number of fused-ring (bicyclic) bond motifs is 1. The summed E-state index contributed by atoms with van der Waals surface area (Å²) in [5.41, 5.74) is 0.858. The van der Waals surface area contributed by atoms with E-state index in [-0.39, 0.29) is 6.10 Å². The van der Waals surface area contributed by atoms with Gasteiger partial charge in [0.1, 0.15) is 11.9 Å². The van der Waals surface area contributed by atoms with E-state index in [2.05, 4.69) is 31.9 Å². The van der Waals surface area contributed by atoms with Gasteiger partial charge in [0, 0.05) is 31.2 Å². The topological polar surface area (TPSA) is 29.5 Å². The van der Waals surface area contributed by atoms with Crippen molar-refractivity contribution in [2.24, 2.45) is 0 Å². The lowest BCUT2D eigenvalue weighted by Crippen LogP contribution is -2.18. The van der Waals surface area contributed by atoms with Gasteiger partial charge in [0.25, 0.3) is 0 Å². The number of benzene rings is 1. The smallest absolute Gasteiger partial charge is 0.136 e. The molecule has 94 valence electrons. The van der Waals surface area contributed by atoms with Crippen molar-refractivity contribution in [3.63, 3.8) is 0 Å². The van der Waals surface area contributed by atoms with Crippen LogP contribution in [-0.2, 0) is 0 Å². The van der Waals surface area contributed by atoms with Crippen LogP contribution in [0.2, 0.25) is 0 Å². The van der Waals surface area contributed by atoms with Crippen LogP contribution in [0, 0.1) is 0 Å². The average Bonchev–Trinajstić information content (AvgIpc) is 2.77. The third-order valence-electron chi connectivity index (χ3n) is 2.94. The highest BCUT2D eigenvalue weighted by Crippen LogP contribution is 2.43. The van der Waals surface area contributed by atoms with Crippen molar-refractivity contribution in [1.29, 1.82) is 0 Å². The van der Waals surface area contributed by atoms with Gasteiger partial charge in [-0.15, -0.1) is 11.3 Å². The van der Waals surface area contributed by atoms with Gasteiger partial charge in [-0.25, -0.2) is 0 Å². The summed E-state index contributed by atoms with van der Waals surface area (Å²) in [6.45, 7) is 0. The standard InChI is InChI=1S/C13H10Br2O2S/c14-7-1-2-11-9(3-7)10(16)5-12(17-11)13-4-8(15)6-18-13/h1-4,6,10,12,16H,5H2. The SMILES string of the molecule is OC1CC(c2cc(Br)cs2)Oc2ccc(Br)cc21. The highest BCUT2D eigenvalue weighted by molar-refractivity contribution is 9.10. The summed E-state index contributed by atoms with van der Waals surface area (Å²) < 4.78 is 7.98. The molecule has 5 heteroatoms. The molecule has 1 aliphatic heterocycles. The molecule has 0 spiro atoms. The summed E-state index contributed by atoms with van der Waals surface area (Å²) in [6, 6.07) is 7.79. The molecule has 0 fully saturated rings. The summed E-state index contributed by atoms with van der Waals surface area (Å²) in [5.74, 6) is 0.770. The number of halogens is 2. The molecule has 2 nitrogen and oxygen atoms in total. The molecule has 2 aromatic rings. The molecule has 2 unspecified atom stereocenters. The van der Waals surface area contributed by atoms with Crippen molar-refractivity contribution in [2.45, 2.75) is 18.6 Å². The Balaban J connectivity index is 1.94. The number of ether oxygens (including phenoxy) is 1. The van der Waals surface area contributed by atoms with E-state index in [1.807, 2.05) is 29.6 Å². The predicted octanol–water partition coefficient (Wildman–Crippen LogP) is 4.83. The molecule has 1 aromatic carbocycles. The van der Waals surface area contributed by atoms with Crippen molar-refractivity contribution in [3.8, 4) is 5.75 Å². The van der Waals surface area contributed by atoms with E-state index in [0.29, 0.717) is 6.42 Å². The fourth-order valence-corrected chi connectivity index (χ4v) is 3.95. The molecule has 3 rings (SSSR count). The summed E-state index contributed by atoms with van der Waals surface area (Å²) in [4.78, 5) is 1.13. The zero-order chi connectivity index (χ0) is 12.7. The molecule has 1 aromatic heterocycles. The number of hydrogen-bond acceptors (Lipinski definition) is 3. The van der Waals surface area contributed by atoms with Crippen molar-refractivity contribution in [3.05, 3.63) is 49.0 Å². The number of aliphatic hydroxyl groups excluding tert-OH is 1. The van der Waals surface area contributed by atoms with Gasteiger partial charge >= 0.3 is 0 Å². The Morgan fingerprint density at radius 3 is 2.78 bits per heavy atom. The Morgan fingerprint density at radius 1 is 1.22 bits per heavy atom. The van der Waals surface area contributed by atoms with E-state index < -0.39 is 6.10 Å². The summed E-state index contributed by atoms with van der Waals surface area (Å²) in [6.07, 6.45) is 0.0539. The molecular formula is C13H10Br2O2S. The lowest BCUT2D eigenvalue weighted by Gasteiger charge is -2.29. The first-order valence-corrected chi connectivity index (χ1v) is 7.98.